The lowest BCUT2D eigenvalue weighted by atomic mass is 9.67. The molecule has 0 bridgehead atoms. The topological polar surface area (TPSA) is 0 Å². The Morgan fingerprint density at radius 1 is 0.909 bits per heavy atom. The lowest BCUT2D eigenvalue weighted by Crippen LogP contribution is -2.25. The fourth-order valence-corrected chi connectivity index (χ4v) is 2.48. The molecule has 0 aromatic carbocycles. The van der Waals surface area contributed by atoms with Gasteiger partial charge in [-0.05, 0) is 37.5 Å². The van der Waals surface area contributed by atoms with Gasteiger partial charge in [0.25, 0.3) is 0 Å². The molecule has 0 atom stereocenters. The molecule has 0 amide bonds. The maximum absolute atomic E-state index is 2.56. The third-order valence-electron chi connectivity index (χ3n) is 3.23. The molecule has 0 nitrogen and oxygen atoms in total. The third-order valence-corrected chi connectivity index (χ3v) is 3.23. The standard InChI is InChI=1S/C11H17/c1-3-7-11(8-4-1)9-5-2-6-10-11/h1,3,8H,2,4-7,9-10H2. The van der Waals surface area contributed by atoms with Gasteiger partial charge in [0.15, 0.2) is 0 Å². The molecule has 1 spiro atoms. The van der Waals surface area contributed by atoms with Crippen LogP contribution in [0.3, 0.4) is 0 Å². The summed E-state index contributed by atoms with van der Waals surface area (Å²) < 4.78 is 0. The molecular weight excluding hydrogens is 132 g/mol. The summed E-state index contributed by atoms with van der Waals surface area (Å²) in [5.74, 6) is 0. The van der Waals surface area contributed by atoms with Gasteiger partial charge < -0.3 is 0 Å². The fourth-order valence-electron chi connectivity index (χ4n) is 2.48. The maximum Gasteiger partial charge on any atom is -0.0229 e. The van der Waals surface area contributed by atoms with Gasteiger partial charge in [-0.1, -0.05) is 31.4 Å². The van der Waals surface area contributed by atoms with Crippen molar-refractivity contribution in [2.24, 2.45) is 5.41 Å². The molecule has 2 aliphatic carbocycles. The van der Waals surface area contributed by atoms with Gasteiger partial charge in [-0.15, -0.1) is 0 Å². The van der Waals surface area contributed by atoms with Crippen molar-refractivity contribution in [2.75, 3.05) is 0 Å². The molecular formula is C11H17. The average molecular weight is 149 g/mol. The molecule has 0 aromatic rings. The summed E-state index contributed by atoms with van der Waals surface area (Å²) in [6, 6.07) is 0. The van der Waals surface area contributed by atoms with E-state index >= 15 is 0 Å². The lowest BCUT2D eigenvalue weighted by molar-refractivity contribution is 0.228. The fraction of sp³-hybridized carbons (Fsp3) is 0.727. The maximum atomic E-state index is 2.56. The van der Waals surface area contributed by atoms with Gasteiger partial charge in [0, 0.05) is 0 Å². The predicted octanol–water partition coefficient (Wildman–Crippen LogP) is 3.49. The van der Waals surface area contributed by atoms with Gasteiger partial charge in [0.1, 0.15) is 0 Å². The van der Waals surface area contributed by atoms with Crippen LogP contribution in [0.4, 0.5) is 0 Å². The van der Waals surface area contributed by atoms with Crippen LogP contribution < -0.4 is 0 Å². The van der Waals surface area contributed by atoms with E-state index in [1.807, 2.05) is 0 Å². The first-order valence-corrected chi connectivity index (χ1v) is 4.91. The van der Waals surface area contributed by atoms with E-state index in [1.54, 1.807) is 0 Å². The van der Waals surface area contributed by atoms with Crippen LogP contribution in [0.2, 0.25) is 0 Å². The van der Waals surface area contributed by atoms with Crippen LogP contribution in [0.25, 0.3) is 0 Å². The van der Waals surface area contributed by atoms with Gasteiger partial charge in [0.05, 0.1) is 0 Å². The second-order valence-electron chi connectivity index (χ2n) is 4.04. The zero-order valence-electron chi connectivity index (χ0n) is 7.18. The van der Waals surface area contributed by atoms with E-state index in [0.717, 1.165) is 0 Å². The van der Waals surface area contributed by atoms with Crippen molar-refractivity contribution in [2.45, 2.75) is 44.9 Å². The number of rotatable bonds is 0. The molecule has 2 aliphatic rings. The lowest BCUT2D eigenvalue weighted by Gasteiger charge is -2.38. The zero-order chi connectivity index (χ0) is 7.57. The van der Waals surface area contributed by atoms with Crippen molar-refractivity contribution in [3.8, 4) is 0 Å². The van der Waals surface area contributed by atoms with Crippen molar-refractivity contribution in [1.29, 1.82) is 0 Å². The first-order valence-electron chi connectivity index (χ1n) is 4.91. The van der Waals surface area contributed by atoms with E-state index in [0.29, 0.717) is 5.41 Å². The van der Waals surface area contributed by atoms with Crippen LogP contribution >= 0.6 is 0 Å². The summed E-state index contributed by atoms with van der Waals surface area (Å²) in [6.07, 6.45) is 17.1. The van der Waals surface area contributed by atoms with E-state index in [9.17, 15) is 0 Å². The predicted molar refractivity (Wildman–Crippen MR) is 48.2 cm³/mol. The summed E-state index contributed by atoms with van der Waals surface area (Å²) in [5.41, 5.74) is 0.646. The third kappa shape index (κ3) is 1.50. The van der Waals surface area contributed by atoms with Crippen LogP contribution in [-0.4, -0.2) is 0 Å². The molecule has 0 unspecified atom stereocenters. The molecule has 0 aromatic heterocycles. The summed E-state index contributed by atoms with van der Waals surface area (Å²) in [5, 5.41) is 0. The Labute approximate surface area is 69.7 Å². The van der Waals surface area contributed by atoms with Gasteiger partial charge >= 0.3 is 0 Å². The smallest absolute Gasteiger partial charge is 0.0229 e. The van der Waals surface area contributed by atoms with Crippen LogP contribution in [0.1, 0.15) is 44.9 Å². The molecule has 1 saturated carbocycles. The zero-order valence-corrected chi connectivity index (χ0v) is 7.18. The quantitative estimate of drug-likeness (QED) is 0.462. The highest BCUT2D eigenvalue weighted by Gasteiger charge is 2.31. The highest BCUT2D eigenvalue weighted by atomic mass is 14.4. The Morgan fingerprint density at radius 2 is 1.73 bits per heavy atom. The highest BCUT2D eigenvalue weighted by molar-refractivity contribution is 5.07. The van der Waals surface area contributed by atoms with Crippen molar-refractivity contribution in [1.82, 2.24) is 0 Å². The molecule has 0 N–H and O–H groups in total. The summed E-state index contributed by atoms with van der Waals surface area (Å²) in [6.45, 7) is 0. The monoisotopic (exact) mass is 149 g/mol. The molecule has 61 valence electrons. The van der Waals surface area contributed by atoms with Crippen LogP contribution in [-0.2, 0) is 0 Å². The van der Waals surface area contributed by atoms with E-state index in [1.165, 1.54) is 44.9 Å². The van der Waals surface area contributed by atoms with Crippen molar-refractivity contribution in [3.63, 3.8) is 0 Å². The molecule has 0 heteroatoms. The molecule has 2 rings (SSSR count). The molecule has 1 fully saturated rings. The number of hydrogen-bond acceptors (Lipinski definition) is 0. The van der Waals surface area contributed by atoms with Crippen molar-refractivity contribution < 1.29 is 0 Å². The summed E-state index contributed by atoms with van der Waals surface area (Å²) in [7, 11) is 0. The summed E-state index contributed by atoms with van der Waals surface area (Å²) >= 11 is 0. The number of hydrogen-bond donors (Lipinski definition) is 0. The normalized spacial score (nSPS) is 29.1. The average Bonchev–Trinajstić information content (AvgIpc) is 2.07. The van der Waals surface area contributed by atoms with Gasteiger partial charge in [-0.25, -0.2) is 0 Å². The second-order valence-corrected chi connectivity index (χ2v) is 4.04. The molecule has 1 radical (unpaired) electrons. The Bertz CT molecular complexity index is 149. The molecule has 0 saturated heterocycles. The highest BCUT2D eigenvalue weighted by Crippen LogP contribution is 2.44. The van der Waals surface area contributed by atoms with Crippen molar-refractivity contribution in [3.05, 3.63) is 18.6 Å². The van der Waals surface area contributed by atoms with E-state index in [2.05, 4.69) is 18.6 Å². The van der Waals surface area contributed by atoms with Crippen LogP contribution in [0.5, 0.6) is 0 Å². The van der Waals surface area contributed by atoms with E-state index < -0.39 is 0 Å². The van der Waals surface area contributed by atoms with E-state index in [-0.39, 0.29) is 0 Å². The Kier molecular flexibility index (Phi) is 2.02. The number of allylic oxidation sites excluding steroid dienone is 2. The summed E-state index contributed by atoms with van der Waals surface area (Å²) in [4.78, 5) is 0. The Hall–Kier alpha value is -0.260. The van der Waals surface area contributed by atoms with Crippen molar-refractivity contribution >= 4 is 0 Å². The molecule has 0 heterocycles. The minimum atomic E-state index is 0.646. The molecule has 0 aliphatic heterocycles. The molecule has 11 heavy (non-hydrogen) atoms. The minimum Gasteiger partial charge on any atom is -0.0882 e. The van der Waals surface area contributed by atoms with E-state index in [4.69, 9.17) is 0 Å². The first kappa shape index (κ1) is 7.39. The minimum absolute atomic E-state index is 0.646. The van der Waals surface area contributed by atoms with Gasteiger partial charge in [-0.3, -0.25) is 0 Å². The largest absolute Gasteiger partial charge is 0.0882 e. The van der Waals surface area contributed by atoms with Crippen LogP contribution in [0, 0.1) is 11.8 Å². The second kappa shape index (κ2) is 3.00. The first-order chi connectivity index (χ1) is 5.41. The Morgan fingerprint density at radius 3 is 2.36 bits per heavy atom. The Balaban J connectivity index is 2.01. The SMILES string of the molecule is [CH]1CC=CCC12CCCCC2. The van der Waals surface area contributed by atoms with Crippen LogP contribution in [0.15, 0.2) is 12.2 Å². The van der Waals surface area contributed by atoms with Gasteiger partial charge in [-0.2, -0.15) is 0 Å². The van der Waals surface area contributed by atoms with Gasteiger partial charge in [0.2, 0.25) is 0 Å².